The van der Waals surface area contributed by atoms with Crippen molar-refractivity contribution in [2.75, 3.05) is 20.3 Å². The van der Waals surface area contributed by atoms with Gasteiger partial charge < -0.3 is 14.8 Å². The van der Waals surface area contributed by atoms with E-state index in [0.29, 0.717) is 12.5 Å². The Morgan fingerprint density at radius 1 is 1.42 bits per heavy atom. The molecule has 1 aromatic rings. The fourth-order valence-corrected chi connectivity index (χ4v) is 2.07. The van der Waals surface area contributed by atoms with E-state index < -0.39 is 0 Å². The topological polar surface area (TPSA) is 56.3 Å². The molecule has 0 saturated carbocycles. The van der Waals surface area contributed by atoms with Crippen LogP contribution in [0.3, 0.4) is 0 Å². The van der Waals surface area contributed by atoms with Gasteiger partial charge in [-0.1, -0.05) is 13.8 Å². The van der Waals surface area contributed by atoms with Crippen molar-refractivity contribution in [3.05, 3.63) is 17.7 Å². The van der Waals surface area contributed by atoms with E-state index in [-0.39, 0.29) is 6.10 Å². The fraction of sp³-hybridized carbons (Fsp3) is 0.714. The third kappa shape index (κ3) is 3.88. The highest BCUT2D eigenvalue weighted by atomic mass is 16.5. The number of aromatic nitrogens is 2. The molecule has 0 atom stereocenters. The molecule has 5 nitrogen and oxygen atoms in total. The summed E-state index contributed by atoms with van der Waals surface area (Å²) in [5.41, 5.74) is 0.938. The Morgan fingerprint density at radius 2 is 2.16 bits per heavy atom. The molecule has 1 aliphatic heterocycles. The van der Waals surface area contributed by atoms with Gasteiger partial charge in [0.25, 0.3) is 0 Å². The average molecular weight is 265 g/mol. The standard InChI is InChI=1S/C14H23N3O2/c1-10(2)14-16-9-13(12(17-14)8-15-3)19-11-4-6-18-7-5-11/h9-11,15H,4-8H2,1-3H3. The molecule has 0 radical (unpaired) electrons. The molecule has 0 spiro atoms. The van der Waals surface area contributed by atoms with Gasteiger partial charge in [-0.2, -0.15) is 0 Å². The first-order valence-corrected chi connectivity index (χ1v) is 6.95. The van der Waals surface area contributed by atoms with E-state index in [0.717, 1.165) is 43.3 Å². The maximum absolute atomic E-state index is 6.03. The summed E-state index contributed by atoms with van der Waals surface area (Å²) in [6, 6.07) is 0. The molecule has 1 saturated heterocycles. The number of hydrogen-bond donors (Lipinski definition) is 1. The lowest BCUT2D eigenvalue weighted by Gasteiger charge is -2.24. The lowest BCUT2D eigenvalue weighted by Crippen LogP contribution is -2.27. The Morgan fingerprint density at radius 3 is 2.79 bits per heavy atom. The summed E-state index contributed by atoms with van der Waals surface area (Å²) in [5, 5.41) is 3.13. The zero-order chi connectivity index (χ0) is 13.7. The molecule has 0 unspecified atom stereocenters. The third-order valence-corrected chi connectivity index (χ3v) is 3.17. The van der Waals surface area contributed by atoms with Crippen LogP contribution in [-0.4, -0.2) is 36.3 Å². The van der Waals surface area contributed by atoms with Crippen LogP contribution in [0.5, 0.6) is 5.75 Å². The van der Waals surface area contributed by atoms with Gasteiger partial charge in [0.1, 0.15) is 11.9 Å². The number of nitrogens with zero attached hydrogens (tertiary/aromatic N) is 2. The number of rotatable bonds is 5. The monoisotopic (exact) mass is 265 g/mol. The third-order valence-electron chi connectivity index (χ3n) is 3.17. The van der Waals surface area contributed by atoms with Gasteiger partial charge in [0.2, 0.25) is 0 Å². The summed E-state index contributed by atoms with van der Waals surface area (Å²) in [4.78, 5) is 8.99. The molecule has 0 bridgehead atoms. The molecule has 2 rings (SSSR count). The smallest absolute Gasteiger partial charge is 0.160 e. The van der Waals surface area contributed by atoms with Gasteiger partial charge in [0, 0.05) is 25.3 Å². The van der Waals surface area contributed by atoms with Gasteiger partial charge in [-0.3, -0.25) is 0 Å². The number of nitrogens with one attached hydrogen (secondary N) is 1. The molecule has 1 N–H and O–H groups in total. The average Bonchev–Trinajstić information content (AvgIpc) is 2.42. The molecule has 5 heteroatoms. The van der Waals surface area contributed by atoms with Gasteiger partial charge in [-0.25, -0.2) is 9.97 Å². The second-order valence-corrected chi connectivity index (χ2v) is 5.15. The second kappa shape index (κ2) is 6.82. The lowest BCUT2D eigenvalue weighted by molar-refractivity contribution is 0.0248. The SMILES string of the molecule is CNCc1nc(C(C)C)ncc1OC1CCOCC1. The van der Waals surface area contributed by atoms with Crippen LogP contribution in [0.25, 0.3) is 0 Å². The normalized spacial score (nSPS) is 16.8. The fourth-order valence-electron chi connectivity index (χ4n) is 2.07. The lowest BCUT2D eigenvalue weighted by atomic mass is 10.1. The molecule has 1 fully saturated rings. The van der Waals surface area contributed by atoms with Crippen molar-refractivity contribution in [3.8, 4) is 5.75 Å². The zero-order valence-electron chi connectivity index (χ0n) is 12.0. The minimum absolute atomic E-state index is 0.220. The molecule has 1 aromatic heterocycles. The van der Waals surface area contributed by atoms with Crippen molar-refractivity contribution < 1.29 is 9.47 Å². The van der Waals surface area contributed by atoms with Crippen LogP contribution in [0.4, 0.5) is 0 Å². The van der Waals surface area contributed by atoms with E-state index in [9.17, 15) is 0 Å². The van der Waals surface area contributed by atoms with Crippen LogP contribution in [-0.2, 0) is 11.3 Å². The predicted octanol–water partition coefficient (Wildman–Crippen LogP) is 1.88. The molecule has 0 amide bonds. The maximum Gasteiger partial charge on any atom is 0.160 e. The zero-order valence-corrected chi connectivity index (χ0v) is 12.0. The first kappa shape index (κ1) is 14.2. The Bertz CT molecular complexity index is 404. The molecule has 0 aliphatic carbocycles. The van der Waals surface area contributed by atoms with Gasteiger partial charge >= 0.3 is 0 Å². The molecular weight excluding hydrogens is 242 g/mol. The van der Waals surface area contributed by atoms with Crippen LogP contribution in [0.1, 0.15) is 44.1 Å². The first-order chi connectivity index (χ1) is 9.20. The molecular formula is C14H23N3O2. The Balaban J connectivity index is 2.13. The molecule has 106 valence electrons. The van der Waals surface area contributed by atoms with E-state index in [1.54, 1.807) is 0 Å². The van der Waals surface area contributed by atoms with Crippen LogP contribution in [0.15, 0.2) is 6.20 Å². The van der Waals surface area contributed by atoms with Crippen molar-refractivity contribution in [1.29, 1.82) is 0 Å². The van der Waals surface area contributed by atoms with E-state index in [4.69, 9.17) is 9.47 Å². The number of hydrogen-bond acceptors (Lipinski definition) is 5. The molecule has 0 aromatic carbocycles. The summed E-state index contributed by atoms with van der Waals surface area (Å²) in [5.74, 6) is 1.99. The van der Waals surface area contributed by atoms with Crippen molar-refractivity contribution >= 4 is 0 Å². The van der Waals surface area contributed by atoms with Crippen LogP contribution in [0.2, 0.25) is 0 Å². The summed E-state index contributed by atoms with van der Waals surface area (Å²) >= 11 is 0. The molecule has 19 heavy (non-hydrogen) atoms. The van der Waals surface area contributed by atoms with Crippen LogP contribution in [0, 0.1) is 0 Å². The van der Waals surface area contributed by atoms with E-state index in [2.05, 4.69) is 29.1 Å². The van der Waals surface area contributed by atoms with Crippen molar-refractivity contribution in [3.63, 3.8) is 0 Å². The van der Waals surface area contributed by atoms with Crippen molar-refractivity contribution in [2.45, 2.75) is 45.3 Å². The predicted molar refractivity (Wildman–Crippen MR) is 73.4 cm³/mol. The second-order valence-electron chi connectivity index (χ2n) is 5.15. The quantitative estimate of drug-likeness (QED) is 0.881. The highest BCUT2D eigenvalue weighted by molar-refractivity contribution is 5.25. The van der Waals surface area contributed by atoms with Gasteiger partial charge in [0.15, 0.2) is 5.75 Å². The summed E-state index contributed by atoms with van der Waals surface area (Å²) in [6.07, 6.45) is 3.90. The first-order valence-electron chi connectivity index (χ1n) is 6.95. The Labute approximate surface area is 114 Å². The van der Waals surface area contributed by atoms with E-state index in [1.807, 2.05) is 13.2 Å². The largest absolute Gasteiger partial charge is 0.487 e. The van der Waals surface area contributed by atoms with E-state index in [1.165, 1.54) is 0 Å². The summed E-state index contributed by atoms with van der Waals surface area (Å²) in [7, 11) is 1.91. The minimum atomic E-state index is 0.220. The van der Waals surface area contributed by atoms with Gasteiger partial charge in [-0.05, 0) is 7.05 Å². The van der Waals surface area contributed by atoms with Crippen molar-refractivity contribution in [2.24, 2.45) is 0 Å². The van der Waals surface area contributed by atoms with Gasteiger partial charge in [-0.15, -0.1) is 0 Å². The summed E-state index contributed by atoms with van der Waals surface area (Å²) in [6.45, 7) is 6.43. The number of ether oxygens (including phenoxy) is 2. The maximum atomic E-state index is 6.03. The Kier molecular flexibility index (Phi) is 5.10. The summed E-state index contributed by atoms with van der Waals surface area (Å²) < 4.78 is 11.4. The highest BCUT2D eigenvalue weighted by Gasteiger charge is 2.18. The minimum Gasteiger partial charge on any atom is -0.487 e. The van der Waals surface area contributed by atoms with E-state index >= 15 is 0 Å². The molecule has 1 aliphatic rings. The highest BCUT2D eigenvalue weighted by Crippen LogP contribution is 2.22. The van der Waals surface area contributed by atoms with Crippen LogP contribution >= 0.6 is 0 Å². The molecule has 2 heterocycles. The Hall–Kier alpha value is -1.20. The van der Waals surface area contributed by atoms with Gasteiger partial charge in [0.05, 0.1) is 25.1 Å². The van der Waals surface area contributed by atoms with Crippen molar-refractivity contribution in [1.82, 2.24) is 15.3 Å². The van der Waals surface area contributed by atoms with Crippen LogP contribution < -0.4 is 10.1 Å².